The second-order valence-corrected chi connectivity index (χ2v) is 6.03. The van der Waals surface area contributed by atoms with Gasteiger partial charge in [0.05, 0.1) is 10.0 Å². The highest BCUT2D eigenvalue weighted by molar-refractivity contribution is 6.42. The molecule has 0 aliphatic carbocycles. The summed E-state index contributed by atoms with van der Waals surface area (Å²) in [5.74, 6) is -0.489. The Labute approximate surface area is 150 Å². The topological polar surface area (TPSA) is 64.9 Å². The van der Waals surface area contributed by atoms with Crippen LogP contribution in [0.3, 0.4) is 0 Å². The lowest BCUT2D eigenvalue weighted by Gasteiger charge is -2.09. The van der Waals surface area contributed by atoms with Gasteiger partial charge in [0.15, 0.2) is 0 Å². The SMILES string of the molecule is Cc1ccc(NC(=O)/C(C#N)=C\Nc2ccc(Cl)c(Cl)c2)c(C)c1. The maximum atomic E-state index is 12.2. The fraction of sp³-hybridized carbons (Fsp3) is 0.111. The quantitative estimate of drug-likeness (QED) is 0.591. The van der Waals surface area contributed by atoms with Crippen LogP contribution in [0.25, 0.3) is 0 Å². The van der Waals surface area contributed by atoms with E-state index in [4.69, 9.17) is 23.2 Å². The highest BCUT2D eigenvalue weighted by atomic mass is 35.5. The van der Waals surface area contributed by atoms with E-state index in [-0.39, 0.29) is 5.57 Å². The van der Waals surface area contributed by atoms with Crippen molar-refractivity contribution in [3.63, 3.8) is 0 Å². The lowest BCUT2D eigenvalue weighted by Crippen LogP contribution is -2.15. The molecule has 1 amide bonds. The number of hydrogen-bond acceptors (Lipinski definition) is 3. The van der Waals surface area contributed by atoms with Crippen molar-refractivity contribution in [2.45, 2.75) is 13.8 Å². The molecule has 2 N–H and O–H groups in total. The van der Waals surface area contributed by atoms with E-state index in [9.17, 15) is 10.1 Å². The van der Waals surface area contributed by atoms with Crippen LogP contribution in [0.2, 0.25) is 10.0 Å². The molecule has 0 atom stereocenters. The third-order valence-electron chi connectivity index (χ3n) is 3.30. The lowest BCUT2D eigenvalue weighted by molar-refractivity contribution is -0.112. The number of rotatable bonds is 4. The van der Waals surface area contributed by atoms with E-state index in [2.05, 4.69) is 10.6 Å². The molecule has 0 heterocycles. The molecule has 4 nitrogen and oxygen atoms in total. The molecular formula is C18H15Cl2N3O. The van der Waals surface area contributed by atoms with Gasteiger partial charge in [-0.2, -0.15) is 5.26 Å². The van der Waals surface area contributed by atoms with Gasteiger partial charge in [-0.25, -0.2) is 0 Å². The predicted molar refractivity (Wildman–Crippen MR) is 98.3 cm³/mol. The summed E-state index contributed by atoms with van der Waals surface area (Å²) < 4.78 is 0. The predicted octanol–water partition coefficient (Wildman–Crippen LogP) is 5.07. The maximum absolute atomic E-state index is 12.2. The van der Waals surface area contributed by atoms with Crippen LogP contribution < -0.4 is 10.6 Å². The largest absolute Gasteiger partial charge is 0.360 e. The van der Waals surface area contributed by atoms with Gasteiger partial charge in [-0.1, -0.05) is 40.9 Å². The molecule has 0 saturated heterocycles. The molecule has 122 valence electrons. The van der Waals surface area contributed by atoms with E-state index in [1.54, 1.807) is 18.2 Å². The summed E-state index contributed by atoms with van der Waals surface area (Å²) in [5.41, 5.74) is 3.26. The number of benzene rings is 2. The Bertz CT molecular complexity index is 854. The first-order valence-corrected chi connectivity index (χ1v) is 7.87. The van der Waals surface area contributed by atoms with Crippen LogP contribution in [-0.2, 0) is 4.79 Å². The van der Waals surface area contributed by atoms with E-state index in [0.717, 1.165) is 11.1 Å². The van der Waals surface area contributed by atoms with Crippen molar-refractivity contribution in [3.05, 3.63) is 69.3 Å². The number of nitrogens with one attached hydrogen (secondary N) is 2. The number of halogens is 2. The van der Waals surface area contributed by atoms with Gasteiger partial charge in [-0.15, -0.1) is 0 Å². The van der Waals surface area contributed by atoms with E-state index in [1.165, 1.54) is 6.20 Å². The Kier molecular flexibility index (Phi) is 5.86. The Morgan fingerprint density at radius 1 is 1.12 bits per heavy atom. The second kappa shape index (κ2) is 7.87. The molecule has 24 heavy (non-hydrogen) atoms. The Morgan fingerprint density at radius 2 is 1.88 bits per heavy atom. The average Bonchev–Trinajstić information content (AvgIpc) is 2.54. The minimum Gasteiger partial charge on any atom is -0.360 e. The fourth-order valence-corrected chi connectivity index (χ4v) is 2.33. The first kappa shape index (κ1) is 17.9. The summed E-state index contributed by atoms with van der Waals surface area (Å²) in [5, 5.41) is 15.6. The Morgan fingerprint density at radius 3 is 2.50 bits per heavy atom. The molecule has 0 fully saturated rings. The third-order valence-corrected chi connectivity index (χ3v) is 4.04. The van der Waals surface area contributed by atoms with E-state index in [1.807, 2.05) is 38.1 Å². The van der Waals surface area contributed by atoms with Crippen LogP contribution in [0.4, 0.5) is 11.4 Å². The summed E-state index contributed by atoms with van der Waals surface area (Å²) in [6.07, 6.45) is 1.33. The van der Waals surface area contributed by atoms with Gasteiger partial charge in [0.2, 0.25) is 0 Å². The zero-order chi connectivity index (χ0) is 17.7. The Hall–Kier alpha value is -2.48. The number of aryl methyl sites for hydroxylation is 2. The van der Waals surface area contributed by atoms with Crippen LogP contribution >= 0.6 is 23.2 Å². The summed E-state index contributed by atoms with van der Waals surface area (Å²) in [6, 6.07) is 12.5. The molecule has 2 aromatic rings. The van der Waals surface area contributed by atoms with Crippen LogP contribution in [0.15, 0.2) is 48.2 Å². The standard InChI is InChI=1S/C18H15Cl2N3O/c1-11-3-6-17(12(2)7-11)23-18(24)13(9-21)10-22-14-4-5-15(19)16(20)8-14/h3-8,10,22H,1-2H3,(H,23,24)/b13-10-. The number of amides is 1. The highest BCUT2D eigenvalue weighted by Crippen LogP contribution is 2.25. The van der Waals surface area contributed by atoms with Crippen LogP contribution in [0, 0.1) is 25.2 Å². The average molecular weight is 360 g/mol. The zero-order valence-electron chi connectivity index (χ0n) is 13.2. The highest BCUT2D eigenvalue weighted by Gasteiger charge is 2.11. The van der Waals surface area contributed by atoms with Crippen molar-refractivity contribution in [1.29, 1.82) is 5.26 Å². The maximum Gasteiger partial charge on any atom is 0.267 e. The molecule has 0 saturated carbocycles. The molecule has 2 aromatic carbocycles. The van der Waals surface area contributed by atoms with Gasteiger partial charge in [0.25, 0.3) is 5.91 Å². The number of anilines is 2. The molecule has 0 aromatic heterocycles. The number of hydrogen-bond donors (Lipinski definition) is 2. The lowest BCUT2D eigenvalue weighted by atomic mass is 10.1. The molecule has 0 unspecified atom stereocenters. The zero-order valence-corrected chi connectivity index (χ0v) is 14.7. The van der Waals surface area contributed by atoms with Crippen molar-refractivity contribution in [3.8, 4) is 6.07 Å². The molecular weight excluding hydrogens is 345 g/mol. The van der Waals surface area contributed by atoms with E-state index in [0.29, 0.717) is 21.4 Å². The van der Waals surface area contributed by atoms with Crippen LogP contribution in [0.5, 0.6) is 0 Å². The normalized spacial score (nSPS) is 10.9. The number of carbonyl (C=O) groups excluding carboxylic acids is 1. The first-order chi connectivity index (χ1) is 11.4. The summed E-state index contributed by atoms with van der Waals surface area (Å²) in [7, 11) is 0. The van der Waals surface area contributed by atoms with Crippen molar-refractivity contribution in [1.82, 2.24) is 0 Å². The first-order valence-electron chi connectivity index (χ1n) is 7.11. The van der Waals surface area contributed by atoms with Gasteiger partial charge < -0.3 is 10.6 Å². The molecule has 0 radical (unpaired) electrons. The molecule has 6 heteroatoms. The van der Waals surface area contributed by atoms with E-state index >= 15 is 0 Å². The van der Waals surface area contributed by atoms with Crippen molar-refractivity contribution in [2.24, 2.45) is 0 Å². The minimum absolute atomic E-state index is 0.0546. The third kappa shape index (κ3) is 4.51. The van der Waals surface area contributed by atoms with Gasteiger partial charge in [-0.05, 0) is 43.7 Å². The van der Waals surface area contributed by atoms with Crippen LogP contribution in [-0.4, -0.2) is 5.91 Å². The van der Waals surface area contributed by atoms with Crippen LogP contribution in [0.1, 0.15) is 11.1 Å². The molecule has 0 spiro atoms. The molecule has 2 rings (SSSR count). The fourth-order valence-electron chi connectivity index (χ4n) is 2.03. The molecule has 0 aliphatic heterocycles. The summed E-state index contributed by atoms with van der Waals surface area (Å²) in [6.45, 7) is 3.87. The number of nitrogens with zero attached hydrogens (tertiary/aromatic N) is 1. The summed E-state index contributed by atoms with van der Waals surface area (Å²) >= 11 is 11.8. The van der Waals surface area contributed by atoms with Crippen molar-refractivity contribution < 1.29 is 4.79 Å². The molecule has 0 bridgehead atoms. The van der Waals surface area contributed by atoms with Crippen molar-refractivity contribution >= 4 is 40.5 Å². The second-order valence-electron chi connectivity index (χ2n) is 5.22. The monoisotopic (exact) mass is 359 g/mol. The summed E-state index contributed by atoms with van der Waals surface area (Å²) in [4.78, 5) is 12.2. The number of carbonyl (C=O) groups is 1. The van der Waals surface area contributed by atoms with Crippen molar-refractivity contribution in [2.75, 3.05) is 10.6 Å². The van der Waals surface area contributed by atoms with Gasteiger partial charge in [0.1, 0.15) is 11.6 Å². The smallest absolute Gasteiger partial charge is 0.267 e. The minimum atomic E-state index is -0.489. The van der Waals surface area contributed by atoms with Gasteiger partial charge in [-0.3, -0.25) is 4.79 Å². The molecule has 0 aliphatic rings. The van der Waals surface area contributed by atoms with Gasteiger partial charge in [0, 0.05) is 17.6 Å². The van der Waals surface area contributed by atoms with Gasteiger partial charge >= 0.3 is 0 Å². The Balaban J connectivity index is 2.13. The van der Waals surface area contributed by atoms with E-state index < -0.39 is 5.91 Å². The number of nitriles is 1.